The molecule has 0 aromatic heterocycles. The van der Waals surface area contributed by atoms with E-state index < -0.39 is 64.6 Å². The van der Waals surface area contributed by atoms with E-state index in [1.54, 1.807) is 0 Å². The molecule has 0 aliphatic rings. The van der Waals surface area contributed by atoms with Gasteiger partial charge in [-0.15, -0.1) is 0 Å². The van der Waals surface area contributed by atoms with E-state index in [9.17, 15) is 45.7 Å². The van der Waals surface area contributed by atoms with E-state index in [-0.39, 0.29) is 11.1 Å². The fourth-order valence-corrected chi connectivity index (χ4v) is 4.07. The minimum atomic E-state index is -5.01. The van der Waals surface area contributed by atoms with Gasteiger partial charge < -0.3 is 19.7 Å². The molecule has 0 atom stereocenters. The summed E-state index contributed by atoms with van der Waals surface area (Å²) < 4.78 is 75.2. The number of hydrogen-bond acceptors (Lipinski definition) is 8. The van der Waals surface area contributed by atoms with Crippen molar-refractivity contribution in [1.82, 2.24) is 0 Å². The third-order valence-electron chi connectivity index (χ3n) is 3.87. The topological polar surface area (TPSA) is 202 Å². The maximum atomic E-state index is 11.7. The summed E-state index contributed by atoms with van der Waals surface area (Å²) in [5.74, 6) is -4.70. The summed E-state index contributed by atoms with van der Waals surface area (Å²) in [7, 11) is -8.09. The summed E-state index contributed by atoms with van der Waals surface area (Å²) in [5, 5.41) is 18.7. The van der Waals surface area contributed by atoms with Crippen LogP contribution in [0.25, 0.3) is 11.1 Å². The first-order valence-corrected chi connectivity index (χ1v) is 10.5. The molecule has 0 aliphatic carbocycles. The highest BCUT2D eigenvalue weighted by molar-refractivity contribution is 7.86. The summed E-state index contributed by atoms with van der Waals surface area (Å²) in [6.07, 6.45) is 0. The Balaban J connectivity index is 3.04. The van der Waals surface area contributed by atoms with E-state index in [1.807, 2.05) is 0 Å². The second-order valence-electron chi connectivity index (χ2n) is 5.67. The van der Waals surface area contributed by atoms with Crippen molar-refractivity contribution in [3.8, 4) is 22.6 Å². The number of hydrogen-bond donors (Lipinski definition) is 4. The highest BCUT2D eigenvalue weighted by Crippen LogP contribution is 2.38. The highest BCUT2D eigenvalue weighted by Gasteiger charge is 2.28. The molecule has 30 heavy (non-hydrogen) atoms. The molecule has 12 nitrogen and oxygen atoms in total. The minimum absolute atomic E-state index is 0.309. The van der Waals surface area contributed by atoms with Crippen LogP contribution in [-0.2, 0) is 20.2 Å². The van der Waals surface area contributed by atoms with Gasteiger partial charge in [0, 0.05) is 0 Å². The average molecular weight is 462 g/mol. The Kier molecular flexibility index (Phi) is 6.08. The van der Waals surface area contributed by atoms with Gasteiger partial charge in [0.25, 0.3) is 20.2 Å². The lowest BCUT2D eigenvalue weighted by atomic mass is 9.99. The number of benzene rings is 2. The molecule has 0 fully saturated rings. The van der Waals surface area contributed by atoms with Crippen molar-refractivity contribution in [2.45, 2.75) is 9.79 Å². The molecule has 0 saturated heterocycles. The normalized spacial score (nSPS) is 11.7. The number of carboxylic acids is 2. The van der Waals surface area contributed by atoms with Crippen LogP contribution in [0.1, 0.15) is 20.7 Å². The molecule has 2 aromatic rings. The van der Waals surface area contributed by atoms with Crippen molar-refractivity contribution in [3.05, 3.63) is 35.4 Å². The zero-order valence-electron chi connectivity index (χ0n) is 15.2. The van der Waals surface area contributed by atoms with Gasteiger partial charge in [0.1, 0.15) is 20.9 Å². The minimum Gasteiger partial charge on any atom is -0.494 e. The van der Waals surface area contributed by atoms with Crippen LogP contribution in [-0.4, -0.2) is 62.3 Å². The Labute approximate surface area is 169 Å². The molecule has 2 aromatic carbocycles. The molecule has 0 unspecified atom stereocenters. The van der Waals surface area contributed by atoms with Crippen molar-refractivity contribution in [2.24, 2.45) is 0 Å². The van der Waals surface area contributed by atoms with Crippen molar-refractivity contribution >= 4 is 32.2 Å². The van der Waals surface area contributed by atoms with Gasteiger partial charge >= 0.3 is 11.9 Å². The Morgan fingerprint density at radius 2 is 1.00 bits per heavy atom. The number of aromatic carboxylic acids is 2. The van der Waals surface area contributed by atoms with Crippen LogP contribution in [0.2, 0.25) is 0 Å². The van der Waals surface area contributed by atoms with Gasteiger partial charge in [0.05, 0.1) is 14.2 Å². The Morgan fingerprint density at radius 3 is 1.20 bits per heavy atom. The molecule has 0 spiro atoms. The van der Waals surface area contributed by atoms with Gasteiger partial charge in [0.2, 0.25) is 0 Å². The molecule has 4 N–H and O–H groups in total. The summed E-state index contributed by atoms with van der Waals surface area (Å²) in [5.41, 5.74) is -2.06. The first-order valence-electron chi connectivity index (χ1n) is 7.58. The SMILES string of the molecule is COc1c(C(=O)O)cc(-c2cc(C(=O)O)c(OC)c(S(=O)(=O)O)c2)cc1S(=O)(=O)O. The van der Waals surface area contributed by atoms with Crippen molar-refractivity contribution in [3.63, 3.8) is 0 Å². The maximum absolute atomic E-state index is 11.7. The lowest BCUT2D eigenvalue weighted by Crippen LogP contribution is -2.10. The predicted molar refractivity (Wildman–Crippen MR) is 98.5 cm³/mol. The molecule has 0 saturated carbocycles. The maximum Gasteiger partial charge on any atom is 0.339 e. The van der Waals surface area contributed by atoms with Crippen LogP contribution in [0.3, 0.4) is 0 Å². The number of carbonyl (C=O) groups is 2. The van der Waals surface area contributed by atoms with Gasteiger partial charge in [-0.2, -0.15) is 16.8 Å². The fourth-order valence-electron chi connectivity index (χ4n) is 2.66. The van der Waals surface area contributed by atoms with E-state index in [0.717, 1.165) is 38.5 Å². The van der Waals surface area contributed by atoms with E-state index >= 15 is 0 Å². The molecule has 0 heterocycles. The Bertz CT molecular complexity index is 1160. The van der Waals surface area contributed by atoms with Gasteiger partial charge in [-0.3, -0.25) is 9.11 Å². The average Bonchev–Trinajstić information content (AvgIpc) is 2.64. The Morgan fingerprint density at radius 1 is 0.700 bits per heavy atom. The molecule has 14 heteroatoms. The van der Waals surface area contributed by atoms with Crippen LogP contribution >= 0.6 is 0 Å². The van der Waals surface area contributed by atoms with Crippen molar-refractivity contribution < 1.29 is 55.2 Å². The van der Waals surface area contributed by atoms with Gasteiger partial charge in [-0.05, 0) is 35.4 Å². The molecule has 0 bridgehead atoms. The fraction of sp³-hybridized carbons (Fsp3) is 0.125. The molecular weight excluding hydrogens is 448 g/mol. The van der Waals surface area contributed by atoms with E-state index in [2.05, 4.69) is 0 Å². The largest absolute Gasteiger partial charge is 0.494 e. The lowest BCUT2D eigenvalue weighted by Gasteiger charge is -2.15. The van der Waals surface area contributed by atoms with Crippen LogP contribution in [0.4, 0.5) is 0 Å². The molecule has 0 radical (unpaired) electrons. The van der Waals surface area contributed by atoms with Crippen LogP contribution in [0.5, 0.6) is 11.5 Å². The molecular formula is C16H14O12S2. The van der Waals surface area contributed by atoms with E-state index in [0.29, 0.717) is 0 Å². The number of ether oxygens (including phenoxy) is 2. The van der Waals surface area contributed by atoms with Crippen molar-refractivity contribution in [2.75, 3.05) is 14.2 Å². The first-order chi connectivity index (χ1) is 13.7. The van der Waals surface area contributed by atoms with Crippen LogP contribution < -0.4 is 9.47 Å². The van der Waals surface area contributed by atoms with Gasteiger partial charge in [-0.25, -0.2) is 9.59 Å². The predicted octanol–water partition coefficient (Wildman–Crippen LogP) is 1.26. The first kappa shape index (κ1) is 23.1. The number of rotatable bonds is 7. The molecule has 162 valence electrons. The van der Waals surface area contributed by atoms with Crippen molar-refractivity contribution in [1.29, 1.82) is 0 Å². The van der Waals surface area contributed by atoms with Gasteiger partial charge in [-0.1, -0.05) is 0 Å². The van der Waals surface area contributed by atoms with Crippen LogP contribution in [0, 0.1) is 0 Å². The third kappa shape index (κ3) is 4.35. The summed E-state index contributed by atoms with van der Waals surface area (Å²) in [6.45, 7) is 0. The van der Waals surface area contributed by atoms with Crippen LogP contribution in [0.15, 0.2) is 34.1 Å². The summed E-state index contributed by atoms with van der Waals surface area (Å²) >= 11 is 0. The highest BCUT2D eigenvalue weighted by atomic mass is 32.2. The molecule has 0 aliphatic heterocycles. The molecule has 2 rings (SSSR count). The van der Waals surface area contributed by atoms with E-state index in [1.165, 1.54) is 0 Å². The third-order valence-corrected chi connectivity index (χ3v) is 5.59. The smallest absolute Gasteiger partial charge is 0.339 e. The lowest BCUT2D eigenvalue weighted by molar-refractivity contribution is 0.0681. The van der Waals surface area contributed by atoms with E-state index in [4.69, 9.17) is 9.47 Å². The monoisotopic (exact) mass is 462 g/mol. The Hall–Kier alpha value is -3.20. The second-order valence-corrected chi connectivity index (χ2v) is 8.45. The molecule has 0 amide bonds. The summed E-state index contributed by atoms with van der Waals surface area (Å²) in [6, 6.07) is 3.25. The van der Waals surface area contributed by atoms with Gasteiger partial charge in [0.15, 0.2) is 11.5 Å². The zero-order valence-corrected chi connectivity index (χ0v) is 16.8. The second kappa shape index (κ2) is 7.91. The number of methoxy groups -OCH3 is 2. The quantitative estimate of drug-likeness (QED) is 0.430. The standard InChI is InChI=1S/C16H14O12S2/c1-27-13-9(15(17)18)3-7(5-11(13)29(21,22)23)8-4-10(16(19)20)14(28-2)12(6-8)30(24,25)26/h3-6H,1-2H3,(H,17,18)(H,19,20)(H,21,22,23)(H,24,25,26). The zero-order chi connectivity index (χ0) is 23.0. The summed E-state index contributed by atoms with van der Waals surface area (Å²) in [4.78, 5) is 21.2. The number of carboxylic acid groups (broad SMARTS) is 2.